The van der Waals surface area contributed by atoms with Crippen molar-refractivity contribution in [2.75, 3.05) is 26.2 Å². The Morgan fingerprint density at radius 2 is 1.79 bits per heavy atom. The van der Waals surface area contributed by atoms with Crippen LogP contribution in [0.1, 0.15) is 55.2 Å². The normalized spacial score (nSPS) is 24.0. The smallest absolute Gasteiger partial charge is 0.243 e. The highest BCUT2D eigenvalue weighted by Crippen LogP contribution is 2.42. The van der Waals surface area contributed by atoms with Crippen LogP contribution in [0.15, 0.2) is 53.4 Å². The maximum atomic E-state index is 13.6. The minimum Gasteiger partial charge on any atom is -0.395 e. The van der Waals surface area contributed by atoms with Crippen LogP contribution in [0.5, 0.6) is 0 Å². The molecule has 176 valence electrons. The summed E-state index contributed by atoms with van der Waals surface area (Å²) in [6.07, 6.45) is 3.68. The molecule has 0 saturated carbocycles. The molecule has 5 nitrogen and oxygen atoms in total. The fourth-order valence-corrected chi connectivity index (χ4v) is 6.91. The summed E-state index contributed by atoms with van der Waals surface area (Å²) in [6.45, 7) is 5.91. The second kappa shape index (κ2) is 10.4. The van der Waals surface area contributed by atoms with Gasteiger partial charge in [0, 0.05) is 43.1 Å². The van der Waals surface area contributed by atoms with Crippen molar-refractivity contribution < 1.29 is 13.5 Å². The summed E-state index contributed by atoms with van der Waals surface area (Å²) in [6, 6.07) is 15.6. The van der Waals surface area contributed by atoms with Crippen molar-refractivity contribution >= 4 is 10.0 Å². The predicted molar refractivity (Wildman–Crippen MR) is 132 cm³/mol. The molecule has 2 aromatic rings. The molecule has 0 amide bonds. The topological polar surface area (TPSA) is 60.9 Å². The zero-order chi connectivity index (χ0) is 23.4. The van der Waals surface area contributed by atoms with Crippen molar-refractivity contribution in [3.05, 3.63) is 65.2 Å². The highest BCUT2D eigenvalue weighted by atomic mass is 32.2. The summed E-state index contributed by atoms with van der Waals surface area (Å²) < 4.78 is 28.8. The van der Waals surface area contributed by atoms with E-state index < -0.39 is 10.0 Å². The fourth-order valence-electron chi connectivity index (χ4n) is 5.19. The number of hydrogen-bond donors (Lipinski definition) is 1. The summed E-state index contributed by atoms with van der Waals surface area (Å²) in [5.41, 5.74) is 2.91. The van der Waals surface area contributed by atoms with Crippen molar-refractivity contribution in [2.45, 2.75) is 62.4 Å². The van der Waals surface area contributed by atoms with E-state index in [9.17, 15) is 13.5 Å². The summed E-state index contributed by atoms with van der Waals surface area (Å²) in [5, 5.41) is 10.2. The molecule has 0 aliphatic carbocycles. The lowest BCUT2D eigenvalue weighted by molar-refractivity contribution is -0.0553. The Morgan fingerprint density at radius 3 is 2.48 bits per heavy atom. The number of aliphatic hydroxyl groups excluding tert-OH is 1. The third-order valence-electron chi connectivity index (χ3n) is 6.95. The van der Waals surface area contributed by atoms with E-state index in [1.165, 1.54) is 0 Å². The number of aryl methyl sites for hydroxylation is 1. The van der Waals surface area contributed by atoms with E-state index in [0.29, 0.717) is 18.0 Å². The molecule has 0 spiro atoms. The van der Waals surface area contributed by atoms with Gasteiger partial charge in [0.15, 0.2) is 0 Å². The van der Waals surface area contributed by atoms with Crippen LogP contribution in [0.2, 0.25) is 0 Å². The van der Waals surface area contributed by atoms with E-state index in [0.717, 1.165) is 48.9 Å². The zero-order valence-corrected chi connectivity index (χ0v) is 20.4. The Morgan fingerprint density at radius 1 is 1.06 bits per heavy atom. The van der Waals surface area contributed by atoms with Gasteiger partial charge in [-0.15, -0.1) is 0 Å². The molecule has 0 radical (unpaired) electrons. The van der Waals surface area contributed by atoms with Crippen LogP contribution in [0.4, 0.5) is 0 Å². The lowest BCUT2D eigenvalue weighted by Crippen LogP contribution is -2.67. The SMILES string of the molecule is CCCC#Cc1ccc([C@H]2[C@H](CO)N3CCCCN(S(=O)(=O)c4ccccc4C)C[C@@H]23)cc1. The second-order valence-electron chi connectivity index (χ2n) is 9.09. The third kappa shape index (κ3) is 4.88. The maximum Gasteiger partial charge on any atom is 0.243 e. The first-order valence-corrected chi connectivity index (χ1v) is 13.4. The van der Waals surface area contributed by atoms with Crippen LogP contribution < -0.4 is 0 Å². The molecule has 2 aliphatic heterocycles. The molecule has 1 N–H and O–H groups in total. The molecule has 2 aliphatic rings. The molecule has 2 fully saturated rings. The number of unbranched alkanes of at least 4 members (excludes halogenated alkanes) is 1. The summed E-state index contributed by atoms with van der Waals surface area (Å²) >= 11 is 0. The first-order valence-electron chi connectivity index (χ1n) is 12.0. The number of nitrogens with zero attached hydrogens (tertiary/aromatic N) is 2. The molecule has 0 aromatic heterocycles. The van der Waals surface area contributed by atoms with E-state index in [1.807, 2.05) is 31.2 Å². The molecule has 2 saturated heterocycles. The van der Waals surface area contributed by atoms with Crippen LogP contribution >= 0.6 is 0 Å². The Bertz CT molecular complexity index is 1120. The van der Waals surface area contributed by atoms with E-state index >= 15 is 0 Å². The first kappa shape index (κ1) is 24.0. The quantitative estimate of drug-likeness (QED) is 0.682. The standard InChI is InChI=1S/C27H34N2O3S/c1-3-4-5-11-22-13-15-23(16-14-22)27-24-19-28(17-8-9-18-29(24)25(27)20-30)33(31,32)26-12-7-6-10-21(26)2/h6-7,10,12-16,24-25,27,30H,3-4,8-9,17-20H2,1-2H3/t24-,25-,27+/m0/s1. The molecule has 0 unspecified atom stereocenters. The third-order valence-corrected chi connectivity index (χ3v) is 8.97. The molecule has 4 rings (SSSR count). The zero-order valence-electron chi connectivity index (χ0n) is 19.6. The van der Waals surface area contributed by atoms with Gasteiger partial charge >= 0.3 is 0 Å². The van der Waals surface area contributed by atoms with Crippen LogP contribution in [-0.2, 0) is 10.0 Å². The predicted octanol–water partition coefficient (Wildman–Crippen LogP) is 3.76. The molecule has 6 heteroatoms. The Balaban J connectivity index is 1.60. The lowest BCUT2D eigenvalue weighted by Gasteiger charge is -2.57. The highest BCUT2D eigenvalue weighted by molar-refractivity contribution is 7.89. The summed E-state index contributed by atoms with van der Waals surface area (Å²) in [5.74, 6) is 6.48. The van der Waals surface area contributed by atoms with Crippen molar-refractivity contribution in [3.63, 3.8) is 0 Å². The number of hydrogen-bond acceptors (Lipinski definition) is 4. The number of benzene rings is 2. The molecule has 2 heterocycles. The average molecular weight is 467 g/mol. The summed E-state index contributed by atoms with van der Waals surface area (Å²) in [4.78, 5) is 2.70. The van der Waals surface area contributed by atoms with E-state index in [-0.39, 0.29) is 24.6 Å². The van der Waals surface area contributed by atoms with Gasteiger partial charge in [-0.2, -0.15) is 4.31 Å². The van der Waals surface area contributed by atoms with E-state index in [1.54, 1.807) is 16.4 Å². The minimum absolute atomic E-state index is 0.0214. The molecule has 3 atom stereocenters. The second-order valence-corrected chi connectivity index (χ2v) is 11.0. The first-order chi connectivity index (χ1) is 16.0. The monoisotopic (exact) mass is 466 g/mol. The van der Waals surface area contributed by atoms with E-state index in [2.05, 4.69) is 35.8 Å². The Kier molecular flexibility index (Phi) is 7.55. The van der Waals surface area contributed by atoms with E-state index in [4.69, 9.17) is 0 Å². The Hall–Kier alpha value is -2.17. The van der Waals surface area contributed by atoms with Crippen LogP contribution in [-0.4, -0.2) is 61.1 Å². The van der Waals surface area contributed by atoms with Gasteiger partial charge in [0.2, 0.25) is 10.0 Å². The number of rotatable bonds is 5. The van der Waals surface area contributed by atoms with Gasteiger partial charge < -0.3 is 5.11 Å². The van der Waals surface area contributed by atoms with Crippen molar-refractivity contribution in [3.8, 4) is 11.8 Å². The van der Waals surface area contributed by atoms with Crippen LogP contribution in [0, 0.1) is 18.8 Å². The average Bonchev–Trinajstić information content (AvgIpc) is 2.79. The van der Waals surface area contributed by atoms with Crippen molar-refractivity contribution in [1.29, 1.82) is 0 Å². The fraction of sp³-hybridized carbons (Fsp3) is 0.481. The van der Waals surface area contributed by atoms with Gasteiger partial charge in [-0.3, -0.25) is 4.90 Å². The van der Waals surface area contributed by atoms with Gasteiger partial charge in [0.25, 0.3) is 0 Å². The van der Waals surface area contributed by atoms with Crippen LogP contribution in [0.25, 0.3) is 0 Å². The number of aliphatic hydroxyl groups is 1. The van der Waals surface area contributed by atoms with Crippen molar-refractivity contribution in [1.82, 2.24) is 9.21 Å². The van der Waals surface area contributed by atoms with Gasteiger partial charge in [0.1, 0.15) is 0 Å². The molecule has 33 heavy (non-hydrogen) atoms. The van der Waals surface area contributed by atoms with Gasteiger partial charge in [-0.25, -0.2) is 8.42 Å². The largest absolute Gasteiger partial charge is 0.395 e. The number of sulfonamides is 1. The van der Waals surface area contributed by atoms with Crippen molar-refractivity contribution in [2.24, 2.45) is 0 Å². The lowest BCUT2D eigenvalue weighted by atomic mass is 9.74. The summed E-state index contributed by atoms with van der Waals surface area (Å²) in [7, 11) is -3.58. The van der Waals surface area contributed by atoms with Crippen LogP contribution in [0.3, 0.4) is 0 Å². The van der Waals surface area contributed by atoms with Gasteiger partial charge in [-0.1, -0.05) is 49.1 Å². The van der Waals surface area contributed by atoms with Gasteiger partial charge in [0.05, 0.1) is 11.5 Å². The number of fused-ring (bicyclic) bond motifs is 1. The maximum absolute atomic E-state index is 13.6. The molecule has 0 bridgehead atoms. The molecular formula is C27H34N2O3S. The van der Waals surface area contributed by atoms with Gasteiger partial charge in [-0.05, 0) is 62.1 Å². The molecular weight excluding hydrogens is 432 g/mol. The highest BCUT2D eigenvalue weighted by Gasteiger charge is 2.50. The molecule has 2 aromatic carbocycles. The minimum atomic E-state index is -3.58. The Labute approximate surface area is 198 Å².